The molecule has 1 aromatic carbocycles. The standard InChI is InChI=1S/C12H16FNO2/c1-8-5-10(13)7-11(6-8)14-9(2)3-4-12(15)16/h5-7,9,14H,3-4H2,1-2H3,(H,15,16). The van der Waals surface area contributed by atoms with Gasteiger partial charge in [-0.25, -0.2) is 4.39 Å². The zero-order valence-electron chi connectivity index (χ0n) is 9.46. The van der Waals surface area contributed by atoms with Crippen LogP contribution in [0.25, 0.3) is 0 Å². The van der Waals surface area contributed by atoms with Gasteiger partial charge in [-0.2, -0.15) is 0 Å². The number of rotatable bonds is 5. The monoisotopic (exact) mass is 225 g/mol. The average Bonchev–Trinajstić information content (AvgIpc) is 2.12. The number of anilines is 1. The molecule has 0 aromatic heterocycles. The molecule has 1 atom stereocenters. The zero-order chi connectivity index (χ0) is 12.1. The summed E-state index contributed by atoms with van der Waals surface area (Å²) in [5, 5.41) is 11.6. The Balaban J connectivity index is 2.55. The summed E-state index contributed by atoms with van der Waals surface area (Å²) >= 11 is 0. The van der Waals surface area contributed by atoms with Gasteiger partial charge >= 0.3 is 5.97 Å². The molecule has 1 unspecified atom stereocenters. The summed E-state index contributed by atoms with van der Waals surface area (Å²) in [6, 6.07) is 4.70. The lowest BCUT2D eigenvalue weighted by molar-refractivity contribution is -0.137. The molecule has 0 aliphatic carbocycles. The fourth-order valence-electron chi connectivity index (χ4n) is 1.52. The van der Waals surface area contributed by atoms with E-state index in [-0.39, 0.29) is 18.3 Å². The molecular formula is C12H16FNO2. The lowest BCUT2D eigenvalue weighted by Crippen LogP contribution is -2.16. The van der Waals surface area contributed by atoms with Gasteiger partial charge < -0.3 is 10.4 Å². The molecule has 3 nitrogen and oxygen atoms in total. The van der Waals surface area contributed by atoms with Crippen LogP contribution in [0.5, 0.6) is 0 Å². The maximum atomic E-state index is 13.1. The zero-order valence-corrected chi connectivity index (χ0v) is 9.46. The third kappa shape index (κ3) is 4.29. The van der Waals surface area contributed by atoms with Crippen molar-refractivity contribution in [3.05, 3.63) is 29.6 Å². The molecule has 0 saturated carbocycles. The van der Waals surface area contributed by atoms with E-state index in [0.717, 1.165) is 5.56 Å². The van der Waals surface area contributed by atoms with Crippen molar-refractivity contribution < 1.29 is 14.3 Å². The first kappa shape index (κ1) is 12.5. The van der Waals surface area contributed by atoms with Crippen LogP contribution in [0.15, 0.2) is 18.2 Å². The number of aliphatic carboxylic acids is 1. The Kier molecular flexibility index (Phi) is 4.28. The molecule has 0 aliphatic rings. The van der Waals surface area contributed by atoms with Gasteiger partial charge in [-0.1, -0.05) is 0 Å². The second-order valence-corrected chi connectivity index (χ2v) is 4.00. The largest absolute Gasteiger partial charge is 0.481 e. The Labute approximate surface area is 94.3 Å². The first-order valence-electron chi connectivity index (χ1n) is 5.23. The van der Waals surface area contributed by atoms with E-state index in [0.29, 0.717) is 12.1 Å². The molecule has 2 N–H and O–H groups in total. The number of carbonyl (C=O) groups is 1. The van der Waals surface area contributed by atoms with Crippen LogP contribution in [0, 0.1) is 12.7 Å². The minimum Gasteiger partial charge on any atom is -0.481 e. The first-order valence-corrected chi connectivity index (χ1v) is 5.23. The normalized spacial score (nSPS) is 12.2. The van der Waals surface area contributed by atoms with E-state index >= 15 is 0 Å². The molecule has 1 aromatic rings. The predicted octanol–water partition coefficient (Wildman–Crippen LogP) is 2.80. The minimum absolute atomic E-state index is 0.0114. The van der Waals surface area contributed by atoms with Gasteiger partial charge in [0.1, 0.15) is 5.82 Å². The van der Waals surface area contributed by atoms with E-state index in [1.807, 2.05) is 19.9 Å². The van der Waals surface area contributed by atoms with Gasteiger partial charge in [0.2, 0.25) is 0 Å². The maximum absolute atomic E-state index is 13.1. The minimum atomic E-state index is -0.816. The highest BCUT2D eigenvalue weighted by Gasteiger charge is 2.06. The smallest absolute Gasteiger partial charge is 0.303 e. The van der Waals surface area contributed by atoms with Crippen molar-refractivity contribution in [2.45, 2.75) is 32.7 Å². The highest BCUT2D eigenvalue weighted by Crippen LogP contribution is 2.15. The van der Waals surface area contributed by atoms with Crippen LogP contribution in [0.1, 0.15) is 25.3 Å². The number of carboxylic acid groups (broad SMARTS) is 1. The summed E-state index contributed by atoms with van der Waals surface area (Å²) in [6.45, 7) is 3.69. The summed E-state index contributed by atoms with van der Waals surface area (Å²) in [6.07, 6.45) is 0.632. The first-order chi connectivity index (χ1) is 7.47. The molecule has 88 valence electrons. The number of hydrogen-bond donors (Lipinski definition) is 2. The number of carboxylic acids is 1. The second-order valence-electron chi connectivity index (χ2n) is 4.00. The molecule has 16 heavy (non-hydrogen) atoms. The Bertz CT molecular complexity index is 359. The fourth-order valence-corrected chi connectivity index (χ4v) is 1.52. The third-order valence-corrected chi connectivity index (χ3v) is 2.25. The van der Waals surface area contributed by atoms with Crippen molar-refractivity contribution in [3.8, 4) is 0 Å². The van der Waals surface area contributed by atoms with Crippen molar-refractivity contribution in [1.29, 1.82) is 0 Å². The van der Waals surface area contributed by atoms with Crippen LogP contribution < -0.4 is 5.32 Å². The molecule has 0 spiro atoms. The van der Waals surface area contributed by atoms with Gasteiger partial charge in [0.25, 0.3) is 0 Å². The van der Waals surface area contributed by atoms with E-state index in [1.54, 1.807) is 0 Å². The van der Waals surface area contributed by atoms with E-state index in [1.165, 1.54) is 12.1 Å². The molecule has 0 fully saturated rings. The number of nitrogens with one attached hydrogen (secondary N) is 1. The summed E-state index contributed by atoms with van der Waals surface area (Å²) < 4.78 is 13.1. The van der Waals surface area contributed by atoms with Crippen LogP contribution >= 0.6 is 0 Å². The summed E-state index contributed by atoms with van der Waals surface area (Å²) in [5.74, 6) is -1.10. The number of halogens is 1. The third-order valence-electron chi connectivity index (χ3n) is 2.25. The Morgan fingerprint density at radius 3 is 2.75 bits per heavy atom. The van der Waals surface area contributed by atoms with Crippen molar-refractivity contribution in [2.24, 2.45) is 0 Å². The van der Waals surface area contributed by atoms with Crippen molar-refractivity contribution in [1.82, 2.24) is 0 Å². The van der Waals surface area contributed by atoms with Crippen molar-refractivity contribution in [3.63, 3.8) is 0 Å². The SMILES string of the molecule is Cc1cc(F)cc(NC(C)CCC(=O)O)c1. The van der Waals surface area contributed by atoms with E-state index < -0.39 is 5.97 Å². The molecule has 0 aliphatic heterocycles. The summed E-state index contributed by atoms with van der Waals surface area (Å²) in [7, 11) is 0. The maximum Gasteiger partial charge on any atom is 0.303 e. The Hall–Kier alpha value is -1.58. The molecule has 0 heterocycles. The predicted molar refractivity (Wildman–Crippen MR) is 61.1 cm³/mol. The van der Waals surface area contributed by atoms with Gasteiger partial charge in [-0.15, -0.1) is 0 Å². The van der Waals surface area contributed by atoms with Crippen LogP contribution in [-0.2, 0) is 4.79 Å². The van der Waals surface area contributed by atoms with Crippen LogP contribution in [-0.4, -0.2) is 17.1 Å². The average molecular weight is 225 g/mol. The molecular weight excluding hydrogens is 209 g/mol. The molecule has 0 amide bonds. The van der Waals surface area contributed by atoms with E-state index in [4.69, 9.17) is 5.11 Å². The molecule has 0 bridgehead atoms. The topological polar surface area (TPSA) is 49.3 Å². The lowest BCUT2D eigenvalue weighted by atomic mass is 10.1. The lowest BCUT2D eigenvalue weighted by Gasteiger charge is -2.14. The van der Waals surface area contributed by atoms with Gasteiger partial charge in [0.15, 0.2) is 0 Å². The Morgan fingerprint density at radius 2 is 2.19 bits per heavy atom. The number of hydrogen-bond acceptors (Lipinski definition) is 2. The molecule has 0 saturated heterocycles. The summed E-state index contributed by atoms with van der Waals surface area (Å²) in [4.78, 5) is 10.4. The molecule has 4 heteroatoms. The summed E-state index contributed by atoms with van der Waals surface area (Å²) in [5.41, 5.74) is 1.53. The van der Waals surface area contributed by atoms with Crippen LogP contribution in [0.3, 0.4) is 0 Å². The highest BCUT2D eigenvalue weighted by molar-refractivity contribution is 5.66. The molecule has 0 radical (unpaired) electrons. The quantitative estimate of drug-likeness (QED) is 0.810. The number of benzene rings is 1. The fraction of sp³-hybridized carbons (Fsp3) is 0.417. The second kappa shape index (κ2) is 5.49. The Morgan fingerprint density at radius 1 is 1.50 bits per heavy atom. The van der Waals surface area contributed by atoms with E-state index in [9.17, 15) is 9.18 Å². The van der Waals surface area contributed by atoms with Crippen LogP contribution in [0.2, 0.25) is 0 Å². The van der Waals surface area contributed by atoms with Crippen molar-refractivity contribution >= 4 is 11.7 Å². The highest BCUT2D eigenvalue weighted by atomic mass is 19.1. The van der Waals surface area contributed by atoms with Gasteiger partial charge in [0, 0.05) is 18.2 Å². The van der Waals surface area contributed by atoms with Crippen molar-refractivity contribution in [2.75, 3.05) is 5.32 Å². The number of aryl methyl sites for hydroxylation is 1. The van der Waals surface area contributed by atoms with E-state index in [2.05, 4.69) is 5.32 Å². The van der Waals surface area contributed by atoms with Gasteiger partial charge in [0.05, 0.1) is 0 Å². The molecule has 1 rings (SSSR count). The van der Waals surface area contributed by atoms with Crippen LogP contribution in [0.4, 0.5) is 10.1 Å². The van der Waals surface area contributed by atoms with Gasteiger partial charge in [-0.3, -0.25) is 4.79 Å². The van der Waals surface area contributed by atoms with Gasteiger partial charge in [-0.05, 0) is 44.0 Å².